The molecule has 1 aromatic rings. The van der Waals surface area contributed by atoms with E-state index in [2.05, 4.69) is 5.32 Å². The second kappa shape index (κ2) is 6.95. The van der Waals surface area contributed by atoms with Crippen molar-refractivity contribution in [2.45, 2.75) is 20.0 Å². The highest BCUT2D eigenvalue weighted by Crippen LogP contribution is 2.28. The predicted octanol–water partition coefficient (Wildman–Crippen LogP) is 1.50. The number of benzene rings is 1. The second-order valence-corrected chi connectivity index (χ2v) is 7.36. The molecule has 21 heavy (non-hydrogen) atoms. The maximum atomic E-state index is 13.7. The van der Waals surface area contributed by atoms with Crippen LogP contribution in [0, 0.1) is 5.82 Å². The number of hydrogen-bond acceptors (Lipinski definition) is 5. The summed E-state index contributed by atoms with van der Waals surface area (Å²) in [6.07, 6.45) is -0.176. The summed E-state index contributed by atoms with van der Waals surface area (Å²) in [5.74, 6) is -0.554. The van der Waals surface area contributed by atoms with Gasteiger partial charge in [-0.05, 0) is 13.8 Å². The molecule has 0 unspecified atom stereocenters. The molecule has 0 heterocycles. The highest BCUT2D eigenvalue weighted by molar-refractivity contribution is 7.89. The Balaban J connectivity index is 2.80. The third-order valence-electron chi connectivity index (χ3n) is 2.70. The molecule has 8 heteroatoms. The van der Waals surface area contributed by atoms with Crippen LogP contribution in [0.15, 0.2) is 12.1 Å². The number of nitrogens with two attached hydrogens (primary N) is 1. The third kappa shape index (κ3) is 5.05. The minimum atomic E-state index is -3.29. The summed E-state index contributed by atoms with van der Waals surface area (Å²) in [5, 5.41) is 2.89. The number of nitrogen functional groups attached to an aromatic ring is 1. The lowest BCUT2D eigenvalue weighted by atomic mass is 10.2. The summed E-state index contributed by atoms with van der Waals surface area (Å²) in [6, 6.07) is 2.59. The van der Waals surface area contributed by atoms with E-state index in [0.717, 1.165) is 10.4 Å². The van der Waals surface area contributed by atoms with Crippen molar-refractivity contribution in [2.75, 3.05) is 37.4 Å². The molecule has 0 aliphatic carbocycles. The van der Waals surface area contributed by atoms with E-state index < -0.39 is 15.8 Å². The van der Waals surface area contributed by atoms with Gasteiger partial charge in [0.05, 0.1) is 23.2 Å². The Morgan fingerprint density at radius 3 is 2.52 bits per heavy atom. The van der Waals surface area contributed by atoms with E-state index in [0.29, 0.717) is 5.69 Å². The second-order valence-electron chi connectivity index (χ2n) is 5.06. The lowest BCUT2D eigenvalue weighted by Crippen LogP contribution is -2.28. The van der Waals surface area contributed by atoms with Gasteiger partial charge in [0.15, 0.2) is 11.6 Å². The number of rotatable bonds is 7. The molecule has 0 bridgehead atoms. The molecular weight excluding hydrogens is 297 g/mol. The Hall–Kier alpha value is -1.54. The average molecular weight is 319 g/mol. The molecular formula is C13H22FN3O3S. The number of sulfonamides is 1. The number of anilines is 2. The molecule has 0 aliphatic rings. The van der Waals surface area contributed by atoms with Crippen molar-refractivity contribution in [1.82, 2.24) is 4.31 Å². The monoisotopic (exact) mass is 319 g/mol. The van der Waals surface area contributed by atoms with Gasteiger partial charge in [0.1, 0.15) is 0 Å². The molecule has 0 aromatic heterocycles. The van der Waals surface area contributed by atoms with Gasteiger partial charge in [-0.25, -0.2) is 17.1 Å². The number of hydrogen-bond donors (Lipinski definition) is 2. The molecule has 0 radical (unpaired) electrons. The molecule has 0 fully saturated rings. The molecule has 0 amide bonds. The largest absolute Gasteiger partial charge is 0.488 e. The molecule has 1 rings (SSSR count). The van der Waals surface area contributed by atoms with Crippen molar-refractivity contribution in [3.63, 3.8) is 0 Å². The van der Waals surface area contributed by atoms with Crippen LogP contribution in [0.2, 0.25) is 0 Å². The Bertz CT molecular complexity index is 589. The highest BCUT2D eigenvalue weighted by Gasteiger charge is 2.14. The van der Waals surface area contributed by atoms with Gasteiger partial charge >= 0.3 is 0 Å². The minimum absolute atomic E-state index is 0.0807. The Morgan fingerprint density at radius 1 is 1.38 bits per heavy atom. The maximum Gasteiger partial charge on any atom is 0.215 e. The zero-order chi connectivity index (χ0) is 16.2. The van der Waals surface area contributed by atoms with Crippen molar-refractivity contribution < 1.29 is 17.5 Å². The van der Waals surface area contributed by atoms with Gasteiger partial charge < -0.3 is 15.8 Å². The van der Waals surface area contributed by atoms with Crippen LogP contribution in [-0.2, 0) is 10.0 Å². The van der Waals surface area contributed by atoms with Gasteiger partial charge in [-0.3, -0.25) is 0 Å². The summed E-state index contributed by atoms with van der Waals surface area (Å²) in [6.45, 7) is 3.73. The zero-order valence-corrected chi connectivity index (χ0v) is 13.5. The Kier molecular flexibility index (Phi) is 5.79. The molecule has 0 spiro atoms. The first-order chi connectivity index (χ1) is 9.63. The van der Waals surface area contributed by atoms with E-state index in [1.807, 2.05) is 0 Å². The number of nitrogens with one attached hydrogen (secondary N) is 1. The molecule has 0 aliphatic heterocycles. The third-order valence-corrected chi connectivity index (χ3v) is 4.53. The van der Waals surface area contributed by atoms with Gasteiger partial charge in [-0.1, -0.05) is 0 Å². The quantitative estimate of drug-likeness (QED) is 0.744. The topological polar surface area (TPSA) is 84.7 Å². The van der Waals surface area contributed by atoms with Crippen LogP contribution < -0.4 is 15.8 Å². The van der Waals surface area contributed by atoms with Crippen LogP contribution in [0.5, 0.6) is 5.75 Å². The fourth-order valence-electron chi connectivity index (χ4n) is 1.56. The van der Waals surface area contributed by atoms with Crippen LogP contribution in [0.1, 0.15) is 13.8 Å². The van der Waals surface area contributed by atoms with Gasteiger partial charge in [0, 0.05) is 32.8 Å². The highest BCUT2D eigenvalue weighted by atomic mass is 32.2. The summed E-state index contributed by atoms with van der Waals surface area (Å²) in [5.41, 5.74) is 6.36. The minimum Gasteiger partial charge on any atom is -0.488 e. The first-order valence-corrected chi connectivity index (χ1v) is 8.14. The lowest BCUT2D eigenvalue weighted by molar-refractivity contribution is 0.231. The van der Waals surface area contributed by atoms with Crippen molar-refractivity contribution in [1.29, 1.82) is 0 Å². The zero-order valence-electron chi connectivity index (χ0n) is 12.7. The first-order valence-electron chi connectivity index (χ1n) is 6.53. The average Bonchev–Trinajstić information content (AvgIpc) is 2.33. The molecule has 120 valence electrons. The molecule has 6 nitrogen and oxygen atoms in total. The van der Waals surface area contributed by atoms with Crippen LogP contribution >= 0.6 is 0 Å². The summed E-state index contributed by atoms with van der Waals surface area (Å²) in [7, 11) is -0.357. The summed E-state index contributed by atoms with van der Waals surface area (Å²) in [4.78, 5) is 0. The lowest BCUT2D eigenvalue weighted by Gasteiger charge is -2.16. The van der Waals surface area contributed by atoms with Crippen molar-refractivity contribution in [3.8, 4) is 5.75 Å². The van der Waals surface area contributed by atoms with E-state index in [-0.39, 0.29) is 29.8 Å². The normalized spacial score (nSPS) is 12.0. The van der Waals surface area contributed by atoms with E-state index in [4.69, 9.17) is 10.5 Å². The number of nitrogens with zero attached hydrogens (tertiary/aromatic N) is 1. The van der Waals surface area contributed by atoms with Gasteiger partial charge in [-0.15, -0.1) is 0 Å². The summed E-state index contributed by atoms with van der Waals surface area (Å²) >= 11 is 0. The molecule has 0 saturated carbocycles. The van der Waals surface area contributed by atoms with E-state index >= 15 is 0 Å². The first kappa shape index (κ1) is 17.5. The SMILES string of the molecule is CC(C)Oc1cc(NCCS(=O)(=O)N(C)C)c(N)cc1F. The fourth-order valence-corrected chi connectivity index (χ4v) is 2.29. The van der Waals surface area contributed by atoms with Crippen LogP contribution in [0.3, 0.4) is 0 Å². The summed E-state index contributed by atoms with van der Waals surface area (Å²) < 4.78 is 43.4. The Morgan fingerprint density at radius 2 is 2.00 bits per heavy atom. The van der Waals surface area contributed by atoms with Crippen molar-refractivity contribution in [2.24, 2.45) is 0 Å². The fraction of sp³-hybridized carbons (Fsp3) is 0.538. The Labute approximate surface area is 125 Å². The maximum absolute atomic E-state index is 13.7. The smallest absolute Gasteiger partial charge is 0.215 e. The van der Waals surface area contributed by atoms with Gasteiger partial charge in [0.25, 0.3) is 0 Å². The number of halogens is 1. The van der Waals surface area contributed by atoms with Gasteiger partial charge in [0.2, 0.25) is 10.0 Å². The van der Waals surface area contributed by atoms with E-state index in [1.54, 1.807) is 13.8 Å². The molecule has 0 atom stereocenters. The van der Waals surface area contributed by atoms with Gasteiger partial charge in [-0.2, -0.15) is 0 Å². The predicted molar refractivity (Wildman–Crippen MR) is 82.5 cm³/mol. The molecule has 1 aromatic carbocycles. The van der Waals surface area contributed by atoms with E-state index in [9.17, 15) is 12.8 Å². The van der Waals surface area contributed by atoms with Crippen LogP contribution in [-0.4, -0.2) is 45.2 Å². The molecule has 3 N–H and O–H groups in total. The van der Waals surface area contributed by atoms with Crippen molar-refractivity contribution in [3.05, 3.63) is 17.9 Å². The number of ether oxygens (including phenoxy) is 1. The molecule has 0 saturated heterocycles. The standard InChI is InChI=1S/C13H22FN3O3S/c1-9(2)20-13-8-12(11(15)7-10(13)14)16-5-6-21(18,19)17(3)4/h7-9,16H,5-6,15H2,1-4H3. The van der Waals surface area contributed by atoms with Crippen molar-refractivity contribution >= 4 is 21.4 Å². The van der Waals surface area contributed by atoms with E-state index in [1.165, 1.54) is 20.2 Å². The van der Waals surface area contributed by atoms with Crippen LogP contribution in [0.4, 0.5) is 15.8 Å². The van der Waals surface area contributed by atoms with Crippen LogP contribution in [0.25, 0.3) is 0 Å².